The highest BCUT2D eigenvalue weighted by molar-refractivity contribution is 7.89. The molecule has 1 saturated heterocycles. The third-order valence-corrected chi connectivity index (χ3v) is 7.50. The SMILES string of the molecule is CC(=O)c1ccc(S(=O)(=O)N2CCN(c3nc4sccn4c3[N+](=O)[O-])CC2)cc1. The fourth-order valence-electron chi connectivity index (χ4n) is 3.30. The van der Waals surface area contributed by atoms with Crippen LogP contribution in [0.4, 0.5) is 11.6 Å². The van der Waals surface area contributed by atoms with Crippen LogP contribution in [0.5, 0.6) is 0 Å². The van der Waals surface area contributed by atoms with Crippen LogP contribution in [0.2, 0.25) is 0 Å². The molecule has 0 radical (unpaired) electrons. The number of thiazole rings is 1. The molecular weight excluding hydrogens is 418 g/mol. The van der Waals surface area contributed by atoms with Crippen LogP contribution in [0.3, 0.4) is 0 Å². The highest BCUT2D eigenvalue weighted by Crippen LogP contribution is 2.32. The molecule has 0 unspecified atom stereocenters. The molecule has 152 valence electrons. The van der Waals surface area contributed by atoms with Crippen molar-refractivity contribution in [3.8, 4) is 0 Å². The average Bonchev–Trinajstić information content (AvgIpc) is 3.29. The van der Waals surface area contributed by atoms with Gasteiger partial charge in [-0.25, -0.2) is 8.42 Å². The first kappa shape index (κ1) is 19.5. The molecule has 4 rings (SSSR count). The summed E-state index contributed by atoms with van der Waals surface area (Å²) in [5.41, 5.74) is 0.445. The second kappa shape index (κ2) is 7.21. The summed E-state index contributed by atoms with van der Waals surface area (Å²) in [6.45, 7) is 2.35. The predicted molar refractivity (Wildman–Crippen MR) is 107 cm³/mol. The monoisotopic (exact) mass is 435 g/mol. The van der Waals surface area contributed by atoms with E-state index in [2.05, 4.69) is 4.98 Å². The second-order valence-electron chi connectivity index (χ2n) is 6.54. The lowest BCUT2D eigenvalue weighted by molar-refractivity contribution is -0.389. The lowest BCUT2D eigenvalue weighted by Crippen LogP contribution is -2.48. The summed E-state index contributed by atoms with van der Waals surface area (Å²) in [6.07, 6.45) is 1.60. The topological polar surface area (TPSA) is 118 Å². The molecule has 0 bridgehead atoms. The van der Waals surface area contributed by atoms with Gasteiger partial charge >= 0.3 is 5.82 Å². The van der Waals surface area contributed by atoms with Gasteiger partial charge in [-0.2, -0.15) is 13.7 Å². The molecule has 1 aliphatic heterocycles. The molecular formula is C17H17N5O5S2. The number of nitro groups is 1. The number of ketones is 1. The summed E-state index contributed by atoms with van der Waals surface area (Å²) in [5, 5.41) is 13.2. The third-order valence-electron chi connectivity index (χ3n) is 4.83. The van der Waals surface area contributed by atoms with Crippen molar-refractivity contribution in [2.75, 3.05) is 31.1 Å². The molecule has 1 fully saturated rings. The molecule has 29 heavy (non-hydrogen) atoms. The van der Waals surface area contributed by atoms with E-state index < -0.39 is 14.9 Å². The average molecular weight is 435 g/mol. The maximum Gasteiger partial charge on any atom is 0.373 e. The number of hydrogen-bond donors (Lipinski definition) is 0. The molecule has 10 nitrogen and oxygen atoms in total. The normalized spacial score (nSPS) is 15.7. The maximum atomic E-state index is 12.9. The number of piperazine rings is 1. The number of anilines is 1. The Morgan fingerprint density at radius 1 is 1.17 bits per heavy atom. The largest absolute Gasteiger partial charge is 0.373 e. The Balaban J connectivity index is 1.53. The minimum atomic E-state index is -3.71. The van der Waals surface area contributed by atoms with E-state index in [0.717, 1.165) is 0 Å². The van der Waals surface area contributed by atoms with Gasteiger partial charge in [0.2, 0.25) is 15.8 Å². The van der Waals surface area contributed by atoms with Gasteiger partial charge in [0.15, 0.2) is 5.78 Å². The van der Waals surface area contributed by atoms with Crippen molar-refractivity contribution in [1.82, 2.24) is 13.7 Å². The Hall–Kier alpha value is -2.83. The van der Waals surface area contributed by atoms with Gasteiger partial charge in [-0.05, 0) is 24.0 Å². The first-order valence-corrected chi connectivity index (χ1v) is 11.1. The smallest absolute Gasteiger partial charge is 0.358 e. The Labute approximate surface area is 170 Å². The molecule has 1 aromatic carbocycles. The van der Waals surface area contributed by atoms with Crippen molar-refractivity contribution in [2.45, 2.75) is 11.8 Å². The van der Waals surface area contributed by atoms with Crippen molar-refractivity contribution in [3.63, 3.8) is 0 Å². The highest BCUT2D eigenvalue weighted by atomic mass is 32.2. The van der Waals surface area contributed by atoms with Crippen molar-refractivity contribution < 1.29 is 18.1 Å². The van der Waals surface area contributed by atoms with E-state index in [1.807, 2.05) is 0 Å². The van der Waals surface area contributed by atoms with E-state index in [1.165, 1.54) is 51.2 Å². The number of benzene rings is 1. The Kier molecular flexibility index (Phi) is 4.84. The van der Waals surface area contributed by atoms with Gasteiger partial charge in [-0.1, -0.05) is 23.5 Å². The molecule has 1 aliphatic rings. The fourth-order valence-corrected chi connectivity index (χ4v) is 5.42. The molecule has 0 N–H and O–H groups in total. The van der Waals surface area contributed by atoms with E-state index >= 15 is 0 Å². The van der Waals surface area contributed by atoms with Crippen LogP contribution in [0, 0.1) is 10.1 Å². The number of nitrogens with zero attached hydrogens (tertiary/aromatic N) is 5. The quantitative estimate of drug-likeness (QED) is 0.342. The van der Waals surface area contributed by atoms with Crippen molar-refractivity contribution in [1.29, 1.82) is 0 Å². The predicted octanol–water partition coefficient (Wildman–Crippen LogP) is 2.02. The van der Waals surface area contributed by atoms with Gasteiger partial charge < -0.3 is 15.0 Å². The highest BCUT2D eigenvalue weighted by Gasteiger charge is 2.33. The summed E-state index contributed by atoms with van der Waals surface area (Å²) in [5.74, 6) is 0.00576. The molecule has 0 atom stereocenters. The minimum Gasteiger partial charge on any atom is -0.358 e. The molecule has 12 heteroatoms. The van der Waals surface area contributed by atoms with Crippen LogP contribution >= 0.6 is 11.3 Å². The van der Waals surface area contributed by atoms with E-state index in [1.54, 1.807) is 16.5 Å². The zero-order valence-electron chi connectivity index (χ0n) is 15.4. The summed E-state index contributed by atoms with van der Waals surface area (Å²) in [7, 11) is -3.71. The van der Waals surface area contributed by atoms with Gasteiger partial charge in [0.25, 0.3) is 4.96 Å². The van der Waals surface area contributed by atoms with E-state index in [4.69, 9.17) is 0 Å². The van der Waals surface area contributed by atoms with Crippen molar-refractivity contribution >= 4 is 43.7 Å². The molecule has 3 heterocycles. The van der Waals surface area contributed by atoms with Crippen LogP contribution in [0.1, 0.15) is 17.3 Å². The standard InChI is InChI=1S/C17H17N5O5S2/c1-12(23)13-2-4-14(5-3-13)29(26,27)20-8-6-19(7-9-20)15-16(22(24)25)21-10-11-28-17(21)18-15/h2-5,10-11H,6-9H2,1H3. The van der Waals surface area contributed by atoms with E-state index in [9.17, 15) is 23.3 Å². The first-order valence-electron chi connectivity index (χ1n) is 8.75. The Bertz CT molecular complexity index is 1190. The van der Waals surface area contributed by atoms with Gasteiger partial charge in [-0.3, -0.25) is 4.79 Å². The third kappa shape index (κ3) is 3.39. The van der Waals surface area contributed by atoms with Crippen LogP contribution < -0.4 is 4.90 Å². The van der Waals surface area contributed by atoms with Gasteiger partial charge in [0.1, 0.15) is 6.20 Å². The number of rotatable bonds is 5. The van der Waals surface area contributed by atoms with Crippen LogP contribution in [0.15, 0.2) is 40.7 Å². The molecule has 0 amide bonds. The van der Waals surface area contributed by atoms with Gasteiger partial charge in [0, 0.05) is 37.1 Å². The van der Waals surface area contributed by atoms with Gasteiger partial charge in [-0.15, -0.1) is 0 Å². The molecule has 0 aliphatic carbocycles. The number of imidazole rings is 1. The molecule has 0 spiro atoms. The number of fused-ring (bicyclic) bond motifs is 1. The van der Waals surface area contributed by atoms with Crippen molar-refractivity contribution in [2.24, 2.45) is 0 Å². The zero-order chi connectivity index (χ0) is 20.8. The van der Waals surface area contributed by atoms with Crippen molar-refractivity contribution in [3.05, 3.63) is 51.5 Å². The molecule has 3 aromatic rings. The lowest BCUT2D eigenvalue weighted by atomic mass is 10.2. The molecule has 2 aromatic heterocycles. The fraction of sp³-hybridized carbons (Fsp3) is 0.294. The first-order chi connectivity index (χ1) is 13.8. The zero-order valence-corrected chi connectivity index (χ0v) is 17.0. The van der Waals surface area contributed by atoms with E-state index in [0.29, 0.717) is 10.5 Å². The number of carbonyl (C=O) groups excluding carboxylic acids is 1. The molecule has 0 saturated carbocycles. The maximum absolute atomic E-state index is 12.9. The number of hydrogen-bond acceptors (Lipinski definition) is 8. The summed E-state index contributed by atoms with van der Waals surface area (Å²) >= 11 is 1.30. The minimum absolute atomic E-state index is 0.114. The number of sulfonamides is 1. The Morgan fingerprint density at radius 2 is 1.83 bits per heavy atom. The summed E-state index contributed by atoms with van der Waals surface area (Å²) in [6, 6.07) is 5.83. The van der Waals surface area contributed by atoms with Crippen LogP contribution in [-0.2, 0) is 10.0 Å². The van der Waals surface area contributed by atoms with E-state index in [-0.39, 0.29) is 48.5 Å². The Morgan fingerprint density at radius 3 is 2.41 bits per heavy atom. The summed E-state index contributed by atoms with van der Waals surface area (Å²) < 4.78 is 28.5. The second-order valence-corrected chi connectivity index (χ2v) is 9.35. The van der Waals surface area contributed by atoms with Crippen LogP contribution in [-0.4, -0.2) is 59.0 Å². The summed E-state index contributed by atoms with van der Waals surface area (Å²) in [4.78, 5) is 29.2. The lowest BCUT2D eigenvalue weighted by Gasteiger charge is -2.33. The number of carbonyl (C=O) groups is 1. The number of aromatic nitrogens is 2. The van der Waals surface area contributed by atoms with Crippen LogP contribution in [0.25, 0.3) is 4.96 Å². The number of Topliss-reactive ketones (excluding diaryl/α,β-unsaturated/α-hetero) is 1. The van der Waals surface area contributed by atoms with Gasteiger partial charge in [0.05, 0.1) is 4.90 Å².